The molecule has 2 aromatic carbocycles. The van der Waals surface area contributed by atoms with Crippen LogP contribution in [0.4, 0.5) is 0 Å². The number of aromatic nitrogens is 2. The van der Waals surface area contributed by atoms with E-state index in [1.54, 1.807) is 7.11 Å². The first kappa shape index (κ1) is 17.8. The minimum atomic E-state index is -0.310. The molecule has 0 N–H and O–H groups in total. The topological polar surface area (TPSA) is 65.2 Å². The van der Waals surface area contributed by atoms with Gasteiger partial charge in [0, 0.05) is 5.56 Å². The van der Waals surface area contributed by atoms with Crippen molar-refractivity contribution in [2.24, 2.45) is 0 Å². The number of hydrogen-bond acceptors (Lipinski definition) is 6. The summed E-state index contributed by atoms with van der Waals surface area (Å²) in [6.07, 6.45) is 3.34. The van der Waals surface area contributed by atoms with Gasteiger partial charge in [-0.3, -0.25) is 4.79 Å². The fourth-order valence-electron chi connectivity index (χ4n) is 3.35. The van der Waals surface area contributed by atoms with E-state index in [0.717, 1.165) is 24.0 Å². The minimum absolute atomic E-state index is 0.0757. The van der Waals surface area contributed by atoms with Gasteiger partial charge in [-0.05, 0) is 55.5 Å². The van der Waals surface area contributed by atoms with Crippen LogP contribution in [0.3, 0.4) is 0 Å². The van der Waals surface area contributed by atoms with Crippen LogP contribution in [-0.4, -0.2) is 28.3 Å². The maximum Gasteiger partial charge on any atom is 0.277 e. The summed E-state index contributed by atoms with van der Waals surface area (Å²) < 4.78 is 11.1. The number of aryl methyl sites for hydroxylation is 2. The Balaban J connectivity index is 1.49. The van der Waals surface area contributed by atoms with Crippen LogP contribution in [0.2, 0.25) is 0 Å². The second-order valence-corrected chi connectivity index (χ2v) is 7.83. The van der Waals surface area contributed by atoms with Crippen molar-refractivity contribution < 1.29 is 13.9 Å². The average molecular weight is 380 g/mol. The summed E-state index contributed by atoms with van der Waals surface area (Å²) in [6.45, 7) is 1.87. The zero-order valence-corrected chi connectivity index (χ0v) is 16.1. The molecule has 0 fully saturated rings. The summed E-state index contributed by atoms with van der Waals surface area (Å²) in [5.41, 5.74) is 4.15. The molecule has 3 aromatic rings. The Morgan fingerprint density at radius 2 is 1.96 bits per heavy atom. The van der Waals surface area contributed by atoms with Crippen molar-refractivity contribution in [2.75, 3.05) is 7.11 Å². The largest absolute Gasteiger partial charge is 0.496 e. The Labute approximate surface area is 162 Å². The first-order chi connectivity index (χ1) is 13.2. The molecular formula is C21H20N2O3S. The number of carbonyl (C=O) groups is 1. The number of hydrogen-bond donors (Lipinski definition) is 0. The highest BCUT2D eigenvalue weighted by Crippen LogP contribution is 2.32. The Morgan fingerprint density at radius 1 is 1.15 bits per heavy atom. The number of rotatable bonds is 6. The van der Waals surface area contributed by atoms with Gasteiger partial charge < -0.3 is 9.15 Å². The Hall–Kier alpha value is -2.60. The molecule has 4 rings (SSSR count). The van der Waals surface area contributed by atoms with Crippen LogP contribution in [0, 0.1) is 0 Å². The zero-order valence-electron chi connectivity index (χ0n) is 15.3. The molecule has 0 saturated carbocycles. The van der Waals surface area contributed by atoms with Crippen molar-refractivity contribution in [3.05, 3.63) is 59.2 Å². The molecule has 1 aliphatic rings. The normalized spacial score (nSPS) is 14.0. The molecule has 27 heavy (non-hydrogen) atoms. The molecule has 0 unspecified atom stereocenters. The number of carbonyl (C=O) groups excluding carboxylic acids is 1. The molecule has 0 spiro atoms. The van der Waals surface area contributed by atoms with E-state index in [1.807, 2.05) is 43.3 Å². The summed E-state index contributed by atoms with van der Waals surface area (Å²) >= 11 is 1.28. The summed E-state index contributed by atoms with van der Waals surface area (Å²) in [4.78, 5) is 12.8. The standard InChI is InChI=1S/C21H20N2O3S/c1-13(19(24)16-11-10-14-6-5-7-15(14)12-16)27-21-23-22-20(26-21)17-8-3-4-9-18(17)25-2/h3-4,8-13H,5-7H2,1-2H3/t13-/m0/s1. The van der Waals surface area contributed by atoms with Gasteiger partial charge in [-0.1, -0.05) is 36.0 Å². The first-order valence-corrected chi connectivity index (χ1v) is 9.83. The summed E-state index contributed by atoms with van der Waals surface area (Å²) in [7, 11) is 1.60. The highest BCUT2D eigenvalue weighted by Gasteiger charge is 2.22. The first-order valence-electron chi connectivity index (χ1n) is 8.95. The van der Waals surface area contributed by atoms with Crippen LogP contribution in [0.15, 0.2) is 52.1 Å². The second-order valence-electron chi connectivity index (χ2n) is 6.53. The third kappa shape index (κ3) is 3.62. The number of Topliss-reactive ketones (excluding diaryl/α,β-unsaturated/α-hetero) is 1. The fourth-order valence-corrected chi connectivity index (χ4v) is 4.11. The number of fused-ring (bicyclic) bond motifs is 1. The predicted octanol–water partition coefficient (Wildman–Crippen LogP) is 4.60. The lowest BCUT2D eigenvalue weighted by molar-refractivity contribution is 0.0993. The Kier molecular flexibility index (Phi) is 4.99. The van der Waals surface area contributed by atoms with E-state index in [2.05, 4.69) is 16.3 Å². The van der Waals surface area contributed by atoms with Gasteiger partial charge in [0.05, 0.1) is 17.9 Å². The molecular weight excluding hydrogens is 360 g/mol. The minimum Gasteiger partial charge on any atom is -0.496 e. The van der Waals surface area contributed by atoms with Gasteiger partial charge >= 0.3 is 0 Å². The highest BCUT2D eigenvalue weighted by atomic mass is 32.2. The molecule has 0 saturated heterocycles. The Morgan fingerprint density at radius 3 is 2.81 bits per heavy atom. The van der Waals surface area contributed by atoms with Crippen molar-refractivity contribution in [2.45, 2.75) is 36.7 Å². The lowest BCUT2D eigenvalue weighted by atomic mass is 10.0. The van der Waals surface area contributed by atoms with E-state index >= 15 is 0 Å². The predicted molar refractivity (Wildman–Crippen MR) is 104 cm³/mol. The van der Waals surface area contributed by atoms with Gasteiger partial charge in [-0.25, -0.2) is 0 Å². The number of nitrogens with zero attached hydrogens (tertiary/aromatic N) is 2. The highest BCUT2D eigenvalue weighted by molar-refractivity contribution is 8.00. The van der Waals surface area contributed by atoms with E-state index in [0.29, 0.717) is 16.9 Å². The lowest BCUT2D eigenvalue weighted by Crippen LogP contribution is -2.13. The molecule has 0 radical (unpaired) electrons. The smallest absolute Gasteiger partial charge is 0.277 e. The van der Waals surface area contributed by atoms with Gasteiger partial charge in [0.15, 0.2) is 5.78 Å². The fraction of sp³-hybridized carbons (Fsp3) is 0.286. The average Bonchev–Trinajstić information content (AvgIpc) is 3.35. The maximum absolute atomic E-state index is 12.8. The molecule has 1 atom stereocenters. The third-order valence-electron chi connectivity index (χ3n) is 4.77. The summed E-state index contributed by atoms with van der Waals surface area (Å²) in [6, 6.07) is 13.5. The van der Waals surface area contributed by atoms with E-state index in [4.69, 9.17) is 9.15 Å². The van der Waals surface area contributed by atoms with Crippen LogP contribution in [-0.2, 0) is 12.8 Å². The number of ether oxygens (including phenoxy) is 1. The number of ketones is 1. The summed E-state index contributed by atoms with van der Waals surface area (Å²) in [5, 5.41) is 8.24. The van der Waals surface area contributed by atoms with Crippen LogP contribution >= 0.6 is 11.8 Å². The maximum atomic E-state index is 12.8. The molecule has 5 nitrogen and oxygen atoms in total. The third-order valence-corrected chi connectivity index (χ3v) is 5.71. The number of benzene rings is 2. The van der Waals surface area contributed by atoms with Gasteiger partial charge in [0.1, 0.15) is 5.75 Å². The molecule has 6 heteroatoms. The van der Waals surface area contributed by atoms with Gasteiger partial charge in [-0.2, -0.15) is 0 Å². The Bertz CT molecular complexity index is 983. The van der Waals surface area contributed by atoms with E-state index in [-0.39, 0.29) is 11.0 Å². The lowest BCUT2D eigenvalue weighted by Gasteiger charge is -2.09. The molecule has 1 heterocycles. The van der Waals surface area contributed by atoms with Crippen molar-refractivity contribution >= 4 is 17.5 Å². The molecule has 1 aliphatic carbocycles. The van der Waals surface area contributed by atoms with E-state index in [1.165, 1.54) is 29.3 Å². The zero-order chi connectivity index (χ0) is 18.8. The number of thioether (sulfide) groups is 1. The summed E-state index contributed by atoms with van der Waals surface area (Å²) in [5.74, 6) is 1.12. The SMILES string of the molecule is COc1ccccc1-c1nnc(S[C@@H](C)C(=O)c2ccc3c(c2)CCC3)o1. The van der Waals surface area contributed by atoms with Crippen molar-refractivity contribution in [1.29, 1.82) is 0 Å². The molecule has 138 valence electrons. The van der Waals surface area contributed by atoms with Crippen LogP contribution < -0.4 is 4.74 Å². The molecule has 0 aliphatic heterocycles. The number of para-hydroxylation sites is 1. The van der Waals surface area contributed by atoms with Crippen molar-refractivity contribution in [3.8, 4) is 17.2 Å². The van der Waals surface area contributed by atoms with E-state index < -0.39 is 0 Å². The van der Waals surface area contributed by atoms with Crippen molar-refractivity contribution in [1.82, 2.24) is 10.2 Å². The molecule has 1 aromatic heterocycles. The van der Waals surface area contributed by atoms with E-state index in [9.17, 15) is 4.79 Å². The van der Waals surface area contributed by atoms with Crippen LogP contribution in [0.5, 0.6) is 5.75 Å². The quantitative estimate of drug-likeness (QED) is 0.460. The molecule has 0 bridgehead atoms. The van der Waals surface area contributed by atoms with Gasteiger partial charge in [0.25, 0.3) is 11.1 Å². The number of methoxy groups -OCH3 is 1. The second kappa shape index (κ2) is 7.56. The monoisotopic (exact) mass is 380 g/mol. The van der Waals surface area contributed by atoms with Crippen LogP contribution in [0.25, 0.3) is 11.5 Å². The van der Waals surface area contributed by atoms with Crippen LogP contribution in [0.1, 0.15) is 34.8 Å². The van der Waals surface area contributed by atoms with Gasteiger partial charge in [-0.15, -0.1) is 10.2 Å². The van der Waals surface area contributed by atoms with Crippen molar-refractivity contribution in [3.63, 3.8) is 0 Å². The van der Waals surface area contributed by atoms with Gasteiger partial charge in [0.2, 0.25) is 0 Å². The molecule has 0 amide bonds.